The van der Waals surface area contributed by atoms with E-state index in [1.54, 1.807) is 12.3 Å². The molecule has 3 aliphatic rings. The topological polar surface area (TPSA) is 81.1 Å². The van der Waals surface area contributed by atoms with E-state index in [0.29, 0.717) is 12.0 Å². The molecule has 0 unspecified atom stereocenters. The van der Waals surface area contributed by atoms with Gasteiger partial charge in [0.05, 0.1) is 6.61 Å². The van der Waals surface area contributed by atoms with Gasteiger partial charge in [-0.2, -0.15) is 13.2 Å². The van der Waals surface area contributed by atoms with Crippen LogP contribution in [-0.2, 0) is 14.3 Å². The summed E-state index contributed by atoms with van der Waals surface area (Å²) in [5.41, 5.74) is 0. The number of pyridine rings is 1. The SMILES string of the molecule is Fc1cccnc1O[C@@H]1CC[C@H]2[C@H]1OCCN2CC1CCOCC1.O=C(O)C(F)(F)F. The summed E-state index contributed by atoms with van der Waals surface area (Å²) in [6.45, 7) is 4.57. The molecule has 31 heavy (non-hydrogen) atoms. The maximum Gasteiger partial charge on any atom is 0.490 e. The maximum atomic E-state index is 13.8. The number of rotatable bonds is 4. The highest BCUT2D eigenvalue weighted by molar-refractivity contribution is 5.73. The Morgan fingerprint density at radius 1 is 1.23 bits per heavy atom. The molecular weight excluding hydrogens is 424 g/mol. The Hall–Kier alpha value is -1.98. The van der Waals surface area contributed by atoms with Gasteiger partial charge in [0.15, 0.2) is 5.82 Å². The molecular formula is C20H26F4N2O5. The summed E-state index contributed by atoms with van der Waals surface area (Å²) in [4.78, 5) is 15.5. The summed E-state index contributed by atoms with van der Waals surface area (Å²) in [6.07, 6.45) is 0.589. The van der Waals surface area contributed by atoms with Crippen LogP contribution < -0.4 is 4.74 Å². The van der Waals surface area contributed by atoms with Gasteiger partial charge in [0.1, 0.15) is 12.2 Å². The fourth-order valence-corrected chi connectivity index (χ4v) is 4.21. The first-order valence-electron chi connectivity index (χ1n) is 10.3. The second kappa shape index (κ2) is 10.6. The molecule has 1 saturated carbocycles. The molecule has 0 spiro atoms. The Bertz CT molecular complexity index is 730. The first-order chi connectivity index (χ1) is 14.8. The van der Waals surface area contributed by atoms with E-state index in [1.165, 1.54) is 6.07 Å². The molecule has 1 aromatic rings. The van der Waals surface area contributed by atoms with Crippen LogP contribution in [0, 0.1) is 11.7 Å². The third-order valence-electron chi connectivity index (χ3n) is 5.71. The van der Waals surface area contributed by atoms with Gasteiger partial charge in [-0.3, -0.25) is 4.90 Å². The average Bonchev–Trinajstić information content (AvgIpc) is 3.14. The maximum absolute atomic E-state index is 13.8. The Morgan fingerprint density at radius 2 is 1.94 bits per heavy atom. The quantitative estimate of drug-likeness (QED) is 0.707. The molecule has 3 fully saturated rings. The molecule has 0 bridgehead atoms. The largest absolute Gasteiger partial charge is 0.490 e. The summed E-state index contributed by atoms with van der Waals surface area (Å²) in [5, 5.41) is 7.12. The van der Waals surface area contributed by atoms with Gasteiger partial charge in [-0.15, -0.1) is 0 Å². The van der Waals surface area contributed by atoms with Crippen LogP contribution >= 0.6 is 0 Å². The van der Waals surface area contributed by atoms with E-state index in [-0.39, 0.29) is 18.1 Å². The number of halogens is 4. The zero-order chi connectivity index (χ0) is 22.4. The van der Waals surface area contributed by atoms with Gasteiger partial charge < -0.3 is 19.3 Å². The van der Waals surface area contributed by atoms with Gasteiger partial charge in [-0.25, -0.2) is 14.2 Å². The Kier molecular flexibility index (Phi) is 8.06. The van der Waals surface area contributed by atoms with Gasteiger partial charge in [0.25, 0.3) is 5.88 Å². The monoisotopic (exact) mass is 450 g/mol. The van der Waals surface area contributed by atoms with Crippen LogP contribution in [0.3, 0.4) is 0 Å². The van der Waals surface area contributed by atoms with Crippen molar-refractivity contribution in [3.8, 4) is 5.88 Å². The van der Waals surface area contributed by atoms with Crippen molar-refractivity contribution < 1.29 is 41.7 Å². The van der Waals surface area contributed by atoms with Crippen molar-refractivity contribution in [2.75, 3.05) is 32.9 Å². The average molecular weight is 450 g/mol. The lowest BCUT2D eigenvalue weighted by molar-refractivity contribution is -0.192. The third-order valence-corrected chi connectivity index (χ3v) is 5.71. The normalized spacial score (nSPS) is 27.2. The highest BCUT2D eigenvalue weighted by Gasteiger charge is 2.44. The predicted octanol–water partition coefficient (Wildman–Crippen LogP) is 2.89. The number of hydrogen-bond donors (Lipinski definition) is 1. The number of aliphatic carboxylic acids is 1. The molecule has 1 aromatic heterocycles. The second-order valence-corrected chi connectivity index (χ2v) is 7.78. The van der Waals surface area contributed by atoms with Crippen molar-refractivity contribution in [3.05, 3.63) is 24.1 Å². The Balaban J connectivity index is 0.000000339. The minimum Gasteiger partial charge on any atom is -0.475 e. The summed E-state index contributed by atoms with van der Waals surface area (Å²) >= 11 is 0. The first kappa shape index (κ1) is 23.7. The highest BCUT2D eigenvalue weighted by atomic mass is 19.4. The van der Waals surface area contributed by atoms with E-state index in [2.05, 4.69) is 9.88 Å². The number of carboxylic acid groups (broad SMARTS) is 1. The number of fused-ring (bicyclic) bond motifs is 1. The number of hydrogen-bond acceptors (Lipinski definition) is 6. The van der Waals surface area contributed by atoms with Crippen LogP contribution in [0.4, 0.5) is 17.6 Å². The van der Waals surface area contributed by atoms with E-state index >= 15 is 0 Å². The number of morpholine rings is 1. The van der Waals surface area contributed by atoms with Crippen molar-refractivity contribution in [2.45, 2.75) is 50.1 Å². The van der Waals surface area contributed by atoms with E-state index in [9.17, 15) is 17.6 Å². The Labute approximate surface area is 177 Å². The second-order valence-electron chi connectivity index (χ2n) is 7.78. The smallest absolute Gasteiger partial charge is 0.475 e. The van der Waals surface area contributed by atoms with E-state index < -0.39 is 18.0 Å². The molecule has 2 saturated heterocycles. The molecule has 0 amide bonds. The van der Waals surface area contributed by atoms with Gasteiger partial charge in [-0.1, -0.05) is 0 Å². The van der Waals surface area contributed by atoms with Crippen LogP contribution in [0.25, 0.3) is 0 Å². The number of nitrogens with zero attached hydrogens (tertiary/aromatic N) is 2. The zero-order valence-corrected chi connectivity index (χ0v) is 16.9. The predicted molar refractivity (Wildman–Crippen MR) is 100 cm³/mol. The van der Waals surface area contributed by atoms with E-state index in [1.807, 2.05) is 0 Å². The third kappa shape index (κ3) is 6.50. The molecule has 174 valence electrons. The lowest BCUT2D eigenvalue weighted by Crippen LogP contribution is -2.53. The molecule has 7 nitrogen and oxygen atoms in total. The van der Waals surface area contributed by atoms with E-state index in [0.717, 1.165) is 58.6 Å². The summed E-state index contributed by atoms with van der Waals surface area (Å²) in [6, 6.07) is 3.33. The minimum atomic E-state index is -5.08. The lowest BCUT2D eigenvalue weighted by atomic mass is 9.98. The van der Waals surface area contributed by atoms with Gasteiger partial charge in [-0.05, 0) is 43.7 Å². The number of carbonyl (C=O) groups is 1. The molecule has 4 rings (SSSR count). The number of aromatic nitrogens is 1. The molecule has 2 aliphatic heterocycles. The fourth-order valence-electron chi connectivity index (χ4n) is 4.21. The van der Waals surface area contributed by atoms with Crippen molar-refractivity contribution in [1.82, 2.24) is 9.88 Å². The zero-order valence-electron chi connectivity index (χ0n) is 16.9. The van der Waals surface area contributed by atoms with Gasteiger partial charge in [0, 0.05) is 38.5 Å². The standard InChI is InChI=1S/C18H25FN2O3.C2HF3O2/c19-14-2-1-7-20-18(14)24-16-4-3-15-17(16)23-11-8-21(15)12-13-5-9-22-10-6-13;3-2(4,5)1(6)7/h1-2,7,13,15-17H,3-6,8-12H2;(H,6,7)/t15-,16+,17+;/m0./s1. The summed E-state index contributed by atoms with van der Waals surface area (Å²) < 4.78 is 62.9. The van der Waals surface area contributed by atoms with Gasteiger partial charge >= 0.3 is 12.1 Å². The molecule has 1 aliphatic carbocycles. The summed E-state index contributed by atoms with van der Waals surface area (Å²) in [7, 11) is 0. The number of carboxylic acids is 1. The van der Waals surface area contributed by atoms with Crippen molar-refractivity contribution >= 4 is 5.97 Å². The van der Waals surface area contributed by atoms with Crippen LogP contribution in [0.1, 0.15) is 25.7 Å². The first-order valence-corrected chi connectivity index (χ1v) is 10.3. The summed E-state index contributed by atoms with van der Waals surface area (Å²) in [5.74, 6) is -2.36. The van der Waals surface area contributed by atoms with Crippen LogP contribution in [-0.4, -0.2) is 78.3 Å². The molecule has 3 heterocycles. The molecule has 1 N–H and O–H groups in total. The Morgan fingerprint density at radius 3 is 2.58 bits per heavy atom. The molecule has 0 aromatic carbocycles. The highest BCUT2D eigenvalue weighted by Crippen LogP contribution is 2.34. The number of alkyl halides is 3. The van der Waals surface area contributed by atoms with Gasteiger partial charge in [0.2, 0.25) is 0 Å². The molecule has 11 heteroatoms. The van der Waals surface area contributed by atoms with Crippen molar-refractivity contribution in [1.29, 1.82) is 0 Å². The lowest BCUT2D eigenvalue weighted by Gasteiger charge is -2.41. The van der Waals surface area contributed by atoms with E-state index in [4.69, 9.17) is 24.1 Å². The number of ether oxygens (including phenoxy) is 3. The van der Waals surface area contributed by atoms with Crippen LogP contribution in [0.2, 0.25) is 0 Å². The van der Waals surface area contributed by atoms with Crippen LogP contribution in [0.5, 0.6) is 5.88 Å². The molecule has 3 atom stereocenters. The van der Waals surface area contributed by atoms with Crippen molar-refractivity contribution in [2.24, 2.45) is 5.92 Å². The fraction of sp³-hybridized carbons (Fsp3) is 0.700. The van der Waals surface area contributed by atoms with Crippen LogP contribution in [0.15, 0.2) is 18.3 Å². The van der Waals surface area contributed by atoms with Crippen molar-refractivity contribution in [3.63, 3.8) is 0 Å². The minimum absolute atomic E-state index is 0.0139. The molecule has 0 radical (unpaired) electrons.